The summed E-state index contributed by atoms with van der Waals surface area (Å²) in [5, 5.41) is 10.2. The lowest BCUT2D eigenvalue weighted by Crippen LogP contribution is -3.11. The summed E-state index contributed by atoms with van der Waals surface area (Å²) >= 11 is 1.55. The summed E-state index contributed by atoms with van der Waals surface area (Å²) in [5.41, 5.74) is 2.59. The number of aryl methyl sites for hydroxylation is 1. The van der Waals surface area contributed by atoms with Crippen LogP contribution in [0.2, 0.25) is 0 Å². The maximum Gasteiger partial charge on any atom is 0.271 e. The van der Waals surface area contributed by atoms with Crippen LogP contribution in [0.1, 0.15) is 58.3 Å². The summed E-state index contributed by atoms with van der Waals surface area (Å²) in [4.78, 5) is 29.8. The molecule has 0 radical (unpaired) electrons. The van der Waals surface area contributed by atoms with Gasteiger partial charge >= 0.3 is 0 Å². The van der Waals surface area contributed by atoms with Crippen molar-refractivity contribution >= 4 is 22.9 Å². The van der Waals surface area contributed by atoms with E-state index in [1.165, 1.54) is 6.92 Å². The highest BCUT2D eigenvalue weighted by Gasteiger charge is 2.24. The zero-order chi connectivity index (χ0) is 20.3. The van der Waals surface area contributed by atoms with E-state index in [1.54, 1.807) is 11.3 Å². The first-order chi connectivity index (χ1) is 13.4. The van der Waals surface area contributed by atoms with Gasteiger partial charge in [0.25, 0.3) is 11.8 Å². The molecule has 148 valence electrons. The largest absolute Gasteiger partial charge is 0.414 e. The molecule has 7 nitrogen and oxygen atoms in total. The minimum absolute atomic E-state index is 0.0189. The van der Waals surface area contributed by atoms with E-state index < -0.39 is 0 Å². The van der Waals surface area contributed by atoms with Gasteiger partial charge in [-0.3, -0.25) is 9.59 Å². The summed E-state index contributed by atoms with van der Waals surface area (Å²) in [5.74, 6) is 0.974. The fourth-order valence-electron chi connectivity index (χ4n) is 3.50. The van der Waals surface area contributed by atoms with Gasteiger partial charge in [-0.1, -0.05) is 13.0 Å². The normalized spacial score (nSPS) is 12.3. The van der Waals surface area contributed by atoms with Crippen molar-refractivity contribution < 1.29 is 18.9 Å². The average molecular weight is 402 g/mol. The molecule has 28 heavy (non-hydrogen) atoms. The lowest BCUT2D eigenvalue weighted by Gasteiger charge is -2.16. The van der Waals surface area contributed by atoms with Gasteiger partial charge in [-0.05, 0) is 44.2 Å². The van der Waals surface area contributed by atoms with Crippen LogP contribution in [0.5, 0.6) is 0 Å². The third kappa shape index (κ3) is 4.28. The predicted molar refractivity (Wildman–Crippen MR) is 107 cm³/mol. The summed E-state index contributed by atoms with van der Waals surface area (Å²) in [6.07, 6.45) is 0.927. The van der Waals surface area contributed by atoms with Crippen LogP contribution in [-0.2, 0) is 6.54 Å². The van der Waals surface area contributed by atoms with Crippen LogP contribution in [-0.4, -0.2) is 39.8 Å². The quantitative estimate of drug-likeness (QED) is 0.538. The Bertz CT molecular complexity index is 972. The highest BCUT2D eigenvalue weighted by molar-refractivity contribution is 7.13. The lowest BCUT2D eigenvalue weighted by atomic mass is 10.1. The number of quaternary nitrogens is 1. The van der Waals surface area contributed by atoms with E-state index in [1.807, 2.05) is 31.4 Å². The molecule has 0 saturated heterocycles. The number of hydrogen-bond donors (Lipinski definition) is 2. The molecular formula is C20H25N4O3S+. The number of Topliss-reactive ketones (excluding diaryl/α,β-unsaturated/α-hetero) is 2. The monoisotopic (exact) mass is 401 g/mol. The predicted octanol–water partition coefficient (Wildman–Crippen LogP) is 2.62. The van der Waals surface area contributed by atoms with E-state index in [4.69, 9.17) is 4.42 Å². The molecule has 2 N–H and O–H groups in total. The lowest BCUT2D eigenvalue weighted by molar-refractivity contribution is -0.906. The minimum Gasteiger partial charge on any atom is -0.414 e. The number of H-pyrrole nitrogens is 1. The number of carbonyl (C=O) groups excluding carboxylic acids is 2. The number of aromatic nitrogens is 3. The highest BCUT2D eigenvalue weighted by atomic mass is 32.1. The summed E-state index contributed by atoms with van der Waals surface area (Å²) in [6.45, 7) is 8.82. The van der Waals surface area contributed by atoms with E-state index in [0.29, 0.717) is 36.1 Å². The Balaban J connectivity index is 1.74. The Morgan fingerprint density at radius 1 is 1.29 bits per heavy atom. The SMILES string of the molecule is CCC[NH+](CC(=O)c1[nH]c(C)c(C(C)=O)c1C)Cc1nnc(-c2cccs2)o1. The maximum absolute atomic E-state index is 12.9. The molecular weight excluding hydrogens is 376 g/mol. The summed E-state index contributed by atoms with van der Waals surface area (Å²) in [7, 11) is 0. The summed E-state index contributed by atoms with van der Waals surface area (Å²) in [6, 6.07) is 3.87. The van der Waals surface area contributed by atoms with Crippen LogP contribution in [0.25, 0.3) is 10.8 Å². The van der Waals surface area contributed by atoms with Crippen LogP contribution in [0, 0.1) is 13.8 Å². The second-order valence-electron chi connectivity index (χ2n) is 6.94. The van der Waals surface area contributed by atoms with E-state index in [9.17, 15) is 9.59 Å². The third-order valence-electron chi connectivity index (χ3n) is 4.68. The number of aromatic amines is 1. The Labute approximate surface area is 167 Å². The molecule has 0 aliphatic carbocycles. The van der Waals surface area contributed by atoms with Crippen molar-refractivity contribution in [1.82, 2.24) is 15.2 Å². The first kappa shape index (κ1) is 20.2. The number of rotatable bonds is 9. The molecule has 0 aliphatic heterocycles. The van der Waals surface area contributed by atoms with Crippen molar-refractivity contribution in [3.8, 4) is 10.8 Å². The number of nitrogens with one attached hydrogen (secondary N) is 2. The smallest absolute Gasteiger partial charge is 0.271 e. The molecule has 1 unspecified atom stereocenters. The third-order valence-corrected chi connectivity index (χ3v) is 5.54. The zero-order valence-corrected chi connectivity index (χ0v) is 17.4. The average Bonchev–Trinajstić information content (AvgIpc) is 3.35. The molecule has 3 rings (SSSR count). The van der Waals surface area contributed by atoms with Crippen LogP contribution in [0.15, 0.2) is 21.9 Å². The van der Waals surface area contributed by atoms with Gasteiger partial charge in [-0.25, -0.2) is 0 Å². The highest BCUT2D eigenvalue weighted by Crippen LogP contribution is 2.22. The van der Waals surface area contributed by atoms with Crippen LogP contribution in [0.4, 0.5) is 0 Å². The van der Waals surface area contributed by atoms with Crippen molar-refractivity contribution in [2.24, 2.45) is 0 Å². The second kappa shape index (κ2) is 8.62. The van der Waals surface area contributed by atoms with Crippen molar-refractivity contribution in [2.75, 3.05) is 13.1 Å². The molecule has 3 aromatic rings. The molecule has 0 fully saturated rings. The van der Waals surface area contributed by atoms with Crippen molar-refractivity contribution in [2.45, 2.75) is 40.7 Å². The van der Waals surface area contributed by atoms with E-state index in [0.717, 1.165) is 34.0 Å². The molecule has 0 aliphatic rings. The van der Waals surface area contributed by atoms with E-state index in [2.05, 4.69) is 22.1 Å². The molecule has 0 aromatic carbocycles. The number of carbonyl (C=O) groups is 2. The molecule has 3 heterocycles. The molecule has 1 atom stereocenters. The Kier molecular flexibility index (Phi) is 6.21. The van der Waals surface area contributed by atoms with Gasteiger partial charge in [0.15, 0.2) is 12.3 Å². The van der Waals surface area contributed by atoms with Gasteiger partial charge in [-0.15, -0.1) is 21.5 Å². The second-order valence-corrected chi connectivity index (χ2v) is 7.88. The number of ketones is 2. The fraction of sp³-hybridized carbons (Fsp3) is 0.400. The van der Waals surface area contributed by atoms with Crippen LogP contribution < -0.4 is 4.90 Å². The van der Waals surface area contributed by atoms with E-state index in [-0.39, 0.29) is 11.6 Å². The molecule has 0 spiro atoms. The standard InChI is InChI=1S/C20H24N4O3S/c1-5-8-24(11-17-22-23-20(27-17)16-7-6-9-28-16)10-15(26)19-12(2)18(14(4)25)13(3)21-19/h6-7,9,21H,5,8,10-11H2,1-4H3/p+1. The Morgan fingerprint density at radius 2 is 2.07 bits per heavy atom. The van der Waals surface area contributed by atoms with Gasteiger partial charge in [0.05, 0.1) is 17.1 Å². The van der Waals surface area contributed by atoms with Gasteiger partial charge in [0, 0.05) is 11.3 Å². The topological polar surface area (TPSA) is 93.3 Å². The van der Waals surface area contributed by atoms with Crippen LogP contribution in [0.3, 0.4) is 0 Å². The van der Waals surface area contributed by atoms with Crippen molar-refractivity contribution in [1.29, 1.82) is 0 Å². The first-order valence-electron chi connectivity index (χ1n) is 9.33. The van der Waals surface area contributed by atoms with E-state index >= 15 is 0 Å². The van der Waals surface area contributed by atoms with Gasteiger partial charge in [0.1, 0.15) is 6.54 Å². The molecule has 3 aromatic heterocycles. The molecule has 8 heteroatoms. The Hall–Kier alpha value is -2.58. The number of hydrogen-bond acceptors (Lipinski definition) is 6. The maximum atomic E-state index is 12.9. The number of nitrogens with zero attached hydrogens (tertiary/aromatic N) is 2. The minimum atomic E-state index is -0.0324. The molecule has 0 amide bonds. The zero-order valence-electron chi connectivity index (χ0n) is 16.6. The number of thiophene rings is 1. The molecule has 0 saturated carbocycles. The fourth-order valence-corrected chi connectivity index (χ4v) is 4.15. The first-order valence-corrected chi connectivity index (χ1v) is 10.2. The van der Waals surface area contributed by atoms with Crippen LogP contribution >= 0.6 is 11.3 Å². The van der Waals surface area contributed by atoms with Gasteiger partial charge in [0.2, 0.25) is 5.78 Å². The molecule has 0 bridgehead atoms. The van der Waals surface area contributed by atoms with Crippen molar-refractivity contribution in [3.63, 3.8) is 0 Å². The van der Waals surface area contributed by atoms with Gasteiger partial charge in [-0.2, -0.15) is 0 Å². The Morgan fingerprint density at radius 3 is 2.68 bits per heavy atom. The van der Waals surface area contributed by atoms with Gasteiger partial charge < -0.3 is 14.3 Å². The summed E-state index contributed by atoms with van der Waals surface area (Å²) < 4.78 is 5.77. The van der Waals surface area contributed by atoms with Crippen molar-refractivity contribution in [3.05, 3.63) is 45.9 Å².